The van der Waals surface area contributed by atoms with Crippen molar-refractivity contribution in [3.05, 3.63) is 82.4 Å². The van der Waals surface area contributed by atoms with E-state index in [2.05, 4.69) is 10.3 Å². The standard InChI is InChI=1S/C24H22N4O5S/c1-32-21-9-5-3-7-16(21)14-25-23(29)15-34-24-26-18-13-17(28(30)31)11-12-19(18)27(24)20-8-4-6-10-22(20)33-2/h3-13H,14-15H2,1-2H3,(H,25,29). The molecule has 1 heterocycles. The van der Waals surface area contributed by atoms with Gasteiger partial charge in [-0.15, -0.1) is 0 Å². The topological polar surface area (TPSA) is 109 Å². The van der Waals surface area contributed by atoms with Gasteiger partial charge < -0.3 is 14.8 Å². The number of thioether (sulfide) groups is 1. The van der Waals surface area contributed by atoms with Crippen LogP contribution in [-0.4, -0.2) is 40.4 Å². The molecule has 0 radical (unpaired) electrons. The lowest BCUT2D eigenvalue weighted by Gasteiger charge is -2.13. The number of carbonyl (C=O) groups is 1. The second kappa shape index (κ2) is 10.3. The molecule has 0 saturated heterocycles. The van der Waals surface area contributed by atoms with Crippen LogP contribution in [0.3, 0.4) is 0 Å². The molecule has 0 aliphatic rings. The van der Waals surface area contributed by atoms with Gasteiger partial charge in [-0.05, 0) is 24.3 Å². The highest BCUT2D eigenvalue weighted by Crippen LogP contribution is 2.33. The summed E-state index contributed by atoms with van der Waals surface area (Å²) < 4.78 is 12.7. The van der Waals surface area contributed by atoms with Gasteiger partial charge in [0.05, 0.1) is 41.6 Å². The normalized spacial score (nSPS) is 10.8. The van der Waals surface area contributed by atoms with Crippen LogP contribution in [0.25, 0.3) is 16.7 Å². The number of nitrogens with one attached hydrogen (secondary N) is 1. The number of aromatic nitrogens is 2. The minimum atomic E-state index is -0.459. The largest absolute Gasteiger partial charge is 0.496 e. The third-order valence-electron chi connectivity index (χ3n) is 5.15. The second-order valence-electron chi connectivity index (χ2n) is 7.21. The van der Waals surface area contributed by atoms with E-state index in [1.807, 2.05) is 53.1 Å². The smallest absolute Gasteiger partial charge is 0.271 e. The molecule has 34 heavy (non-hydrogen) atoms. The van der Waals surface area contributed by atoms with E-state index >= 15 is 0 Å². The van der Waals surface area contributed by atoms with E-state index in [9.17, 15) is 14.9 Å². The average Bonchev–Trinajstić information content (AvgIpc) is 3.23. The molecule has 0 spiro atoms. The number of amides is 1. The van der Waals surface area contributed by atoms with Gasteiger partial charge in [-0.25, -0.2) is 4.98 Å². The number of ether oxygens (including phenoxy) is 2. The van der Waals surface area contributed by atoms with Crippen molar-refractivity contribution in [2.75, 3.05) is 20.0 Å². The van der Waals surface area contributed by atoms with Crippen molar-refractivity contribution in [2.24, 2.45) is 0 Å². The van der Waals surface area contributed by atoms with Crippen molar-refractivity contribution in [1.29, 1.82) is 0 Å². The maximum absolute atomic E-state index is 12.6. The van der Waals surface area contributed by atoms with Gasteiger partial charge in [0, 0.05) is 24.2 Å². The lowest BCUT2D eigenvalue weighted by atomic mass is 10.2. The Bertz CT molecular complexity index is 1350. The fourth-order valence-electron chi connectivity index (χ4n) is 3.53. The third kappa shape index (κ3) is 4.81. The summed E-state index contributed by atoms with van der Waals surface area (Å²) in [5.74, 6) is 1.24. The molecule has 0 fully saturated rings. The number of benzene rings is 3. The zero-order valence-electron chi connectivity index (χ0n) is 18.6. The number of methoxy groups -OCH3 is 2. The first-order valence-electron chi connectivity index (χ1n) is 10.3. The Balaban J connectivity index is 1.61. The summed E-state index contributed by atoms with van der Waals surface area (Å²) in [6, 6.07) is 19.4. The monoisotopic (exact) mass is 478 g/mol. The highest BCUT2D eigenvalue weighted by atomic mass is 32.2. The molecule has 1 aromatic heterocycles. The molecule has 4 rings (SSSR count). The lowest BCUT2D eigenvalue weighted by molar-refractivity contribution is -0.384. The Morgan fingerprint density at radius 2 is 1.76 bits per heavy atom. The average molecular weight is 479 g/mol. The molecule has 9 nitrogen and oxygen atoms in total. The van der Waals surface area contributed by atoms with Gasteiger partial charge in [-0.3, -0.25) is 19.5 Å². The minimum absolute atomic E-state index is 0.0525. The SMILES string of the molecule is COc1ccccc1CNC(=O)CSc1nc2cc([N+](=O)[O-])ccc2n1-c1ccccc1OC. The predicted octanol–water partition coefficient (Wildman–Crippen LogP) is 4.36. The molecule has 1 amide bonds. The van der Waals surface area contributed by atoms with E-state index in [0.29, 0.717) is 34.2 Å². The van der Waals surface area contributed by atoms with Gasteiger partial charge in [0.15, 0.2) is 5.16 Å². The molecule has 0 saturated carbocycles. The van der Waals surface area contributed by atoms with Crippen LogP contribution < -0.4 is 14.8 Å². The number of nitrogens with zero attached hydrogens (tertiary/aromatic N) is 3. The first kappa shape index (κ1) is 23.1. The molecule has 4 aromatic rings. The van der Waals surface area contributed by atoms with Crippen LogP contribution in [0.15, 0.2) is 71.9 Å². The number of hydrogen-bond acceptors (Lipinski definition) is 7. The number of nitro groups is 1. The van der Waals surface area contributed by atoms with Crippen molar-refractivity contribution < 1.29 is 19.2 Å². The molecular formula is C24H22N4O5S. The highest BCUT2D eigenvalue weighted by Gasteiger charge is 2.19. The fourth-order valence-corrected chi connectivity index (χ4v) is 4.38. The van der Waals surface area contributed by atoms with Crippen molar-refractivity contribution >= 4 is 34.4 Å². The van der Waals surface area contributed by atoms with Gasteiger partial charge >= 0.3 is 0 Å². The van der Waals surface area contributed by atoms with Crippen LogP contribution in [0, 0.1) is 10.1 Å². The summed E-state index contributed by atoms with van der Waals surface area (Å²) in [6.45, 7) is 0.332. The molecular weight excluding hydrogens is 456 g/mol. The maximum Gasteiger partial charge on any atom is 0.271 e. The minimum Gasteiger partial charge on any atom is -0.496 e. The molecule has 10 heteroatoms. The zero-order valence-corrected chi connectivity index (χ0v) is 19.4. The second-order valence-corrected chi connectivity index (χ2v) is 8.15. The molecule has 0 aliphatic carbocycles. The van der Waals surface area contributed by atoms with Crippen molar-refractivity contribution in [2.45, 2.75) is 11.7 Å². The number of hydrogen-bond donors (Lipinski definition) is 1. The van der Waals surface area contributed by atoms with E-state index in [-0.39, 0.29) is 17.3 Å². The highest BCUT2D eigenvalue weighted by molar-refractivity contribution is 7.99. The van der Waals surface area contributed by atoms with Crippen LogP contribution in [0.2, 0.25) is 0 Å². The number of carbonyl (C=O) groups excluding carboxylic acids is 1. The number of imidazole rings is 1. The van der Waals surface area contributed by atoms with Crippen LogP contribution in [0.1, 0.15) is 5.56 Å². The third-order valence-corrected chi connectivity index (χ3v) is 6.08. The summed E-state index contributed by atoms with van der Waals surface area (Å²) in [5.41, 5.74) is 2.67. The Labute approximate surface area is 199 Å². The summed E-state index contributed by atoms with van der Waals surface area (Å²) in [4.78, 5) is 28.0. The number of nitro benzene ring substituents is 1. The van der Waals surface area contributed by atoms with Gasteiger partial charge in [-0.2, -0.15) is 0 Å². The van der Waals surface area contributed by atoms with Crippen LogP contribution >= 0.6 is 11.8 Å². The van der Waals surface area contributed by atoms with Crippen molar-refractivity contribution in [3.8, 4) is 17.2 Å². The van der Waals surface area contributed by atoms with E-state index < -0.39 is 4.92 Å². The molecule has 0 atom stereocenters. The molecule has 174 valence electrons. The molecule has 0 bridgehead atoms. The molecule has 0 unspecified atom stereocenters. The van der Waals surface area contributed by atoms with Gasteiger partial charge in [-0.1, -0.05) is 42.1 Å². The van der Waals surface area contributed by atoms with Crippen LogP contribution in [0.4, 0.5) is 5.69 Å². The number of non-ortho nitro benzene ring substituents is 1. The van der Waals surface area contributed by atoms with Crippen LogP contribution in [-0.2, 0) is 11.3 Å². The summed E-state index contributed by atoms with van der Waals surface area (Å²) in [5, 5.41) is 14.7. The number of fused-ring (bicyclic) bond motifs is 1. The Kier molecular flexibility index (Phi) is 6.98. The lowest BCUT2D eigenvalue weighted by Crippen LogP contribution is -2.25. The molecule has 0 aliphatic heterocycles. The predicted molar refractivity (Wildman–Crippen MR) is 130 cm³/mol. The number of rotatable bonds is 9. The van der Waals surface area contributed by atoms with Crippen LogP contribution in [0.5, 0.6) is 11.5 Å². The number of para-hydroxylation sites is 3. The zero-order chi connectivity index (χ0) is 24.1. The molecule has 3 aromatic carbocycles. The summed E-state index contributed by atoms with van der Waals surface area (Å²) in [6.07, 6.45) is 0. The van der Waals surface area contributed by atoms with E-state index in [1.54, 1.807) is 20.3 Å². The van der Waals surface area contributed by atoms with E-state index in [0.717, 1.165) is 11.3 Å². The Hall–Kier alpha value is -4.05. The molecule has 1 N–H and O–H groups in total. The first-order chi connectivity index (χ1) is 16.5. The van der Waals surface area contributed by atoms with E-state index in [4.69, 9.17) is 9.47 Å². The van der Waals surface area contributed by atoms with Crippen molar-refractivity contribution in [3.63, 3.8) is 0 Å². The summed E-state index contributed by atoms with van der Waals surface area (Å²) >= 11 is 1.24. The summed E-state index contributed by atoms with van der Waals surface area (Å²) in [7, 11) is 3.16. The van der Waals surface area contributed by atoms with Gasteiger partial charge in [0.2, 0.25) is 5.91 Å². The van der Waals surface area contributed by atoms with Gasteiger partial charge in [0.1, 0.15) is 11.5 Å². The first-order valence-corrected chi connectivity index (χ1v) is 11.3. The Morgan fingerprint density at radius 3 is 2.50 bits per heavy atom. The van der Waals surface area contributed by atoms with Crippen molar-refractivity contribution in [1.82, 2.24) is 14.9 Å². The van der Waals surface area contributed by atoms with Gasteiger partial charge in [0.25, 0.3) is 5.69 Å². The maximum atomic E-state index is 12.6. The fraction of sp³-hybridized carbons (Fsp3) is 0.167. The Morgan fingerprint density at radius 1 is 1.06 bits per heavy atom. The van der Waals surface area contributed by atoms with E-state index in [1.165, 1.54) is 23.9 Å². The quantitative estimate of drug-likeness (QED) is 0.216.